The second-order valence-electron chi connectivity index (χ2n) is 13.1. The molecule has 0 amide bonds. The number of aliphatic hydroxyl groups excluding tert-OH is 1. The molecule has 31 heavy (non-hydrogen) atoms. The van der Waals surface area contributed by atoms with Crippen molar-refractivity contribution in [3.63, 3.8) is 0 Å². The Morgan fingerprint density at radius 2 is 1.81 bits per heavy atom. The summed E-state index contributed by atoms with van der Waals surface area (Å²) >= 11 is 0. The van der Waals surface area contributed by atoms with Crippen LogP contribution in [0, 0.1) is 51.8 Å². The van der Waals surface area contributed by atoms with E-state index in [4.69, 9.17) is 0 Å². The molecule has 0 unspecified atom stereocenters. The predicted molar refractivity (Wildman–Crippen MR) is 127 cm³/mol. The fourth-order valence-corrected chi connectivity index (χ4v) is 9.65. The Morgan fingerprint density at radius 3 is 2.52 bits per heavy atom. The summed E-state index contributed by atoms with van der Waals surface area (Å²) in [7, 11) is 0. The molecule has 2 nitrogen and oxygen atoms in total. The van der Waals surface area contributed by atoms with Crippen molar-refractivity contribution in [3.8, 4) is 0 Å². The van der Waals surface area contributed by atoms with Gasteiger partial charge < -0.3 is 5.11 Å². The van der Waals surface area contributed by atoms with Crippen LogP contribution in [0.4, 0.5) is 0 Å². The molecule has 0 heterocycles. The standard InChI is InChI=1S/C29H46O2/c1-19(18-30)6-5-7-20(2)22-9-10-23-21-8-11-25-28(4,24(21)12-14-27(22,23)3)15-13-26(31)29(25)16-17-29/h11,19-24,30H,5-10,12-18H2,1-4H3/t19-,20-,21+,22-,23+,24+,27-,28-/m1/s1. The highest BCUT2D eigenvalue weighted by atomic mass is 16.3. The number of Topliss-reactive ketones (excluding diaryl/α,β-unsaturated/α-hetero) is 1. The van der Waals surface area contributed by atoms with E-state index in [0.29, 0.717) is 29.1 Å². The Bertz CT molecular complexity index is 748. The summed E-state index contributed by atoms with van der Waals surface area (Å²) in [5, 5.41) is 9.35. The average molecular weight is 427 g/mol. The third-order valence-electron chi connectivity index (χ3n) is 11.6. The summed E-state index contributed by atoms with van der Waals surface area (Å²) < 4.78 is 0. The first-order valence-electron chi connectivity index (χ1n) is 13.6. The summed E-state index contributed by atoms with van der Waals surface area (Å²) in [6.45, 7) is 10.3. The molecule has 0 radical (unpaired) electrons. The van der Waals surface area contributed by atoms with E-state index in [2.05, 4.69) is 33.8 Å². The zero-order chi connectivity index (χ0) is 22.0. The average Bonchev–Trinajstić information content (AvgIpc) is 3.45. The van der Waals surface area contributed by atoms with Gasteiger partial charge in [0.1, 0.15) is 5.78 Å². The first-order valence-corrected chi connectivity index (χ1v) is 13.6. The first kappa shape index (κ1) is 22.2. The number of carbonyl (C=O) groups excluding carboxylic acids is 1. The van der Waals surface area contributed by atoms with E-state index in [0.717, 1.165) is 55.3 Å². The van der Waals surface area contributed by atoms with Gasteiger partial charge >= 0.3 is 0 Å². The molecule has 1 N–H and O–H groups in total. The molecule has 5 aliphatic rings. The van der Waals surface area contributed by atoms with E-state index in [-0.39, 0.29) is 5.41 Å². The highest BCUT2D eigenvalue weighted by Gasteiger charge is 2.65. The van der Waals surface area contributed by atoms with Crippen molar-refractivity contribution in [1.82, 2.24) is 0 Å². The molecular formula is C29H46O2. The Kier molecular flexibility index (Phi) is 5.52. The van der Waals surface area contributed by atoms with Crippen LogP contribution in [0.15, 0.2) is 11.6 Å². The van der Waals surface area contributed by atoms with Gasteiger partial charge in [-0.1, -0.05) is 52.2 Å². The van der Waals surface area contributed by atoms with Gasteiger partial charge in [-0.2, -0.15) is 0 Å². The lowest BCUT2D eigenvalue weighted by Gasteiger charge is -2.59. The molecule has 5 rings (SSSR count). The van der Waals surface area contributed by atoms with Crippen LogP contribution in [-0.2, 0) is 4.79 Å². The lowest BCUT2D eigenvalue weighted by Crippen LogP contribution is -2.52. The Balaban J connectivity index is 1.33. The maximum atomic E-state index is 12.8. The van der Waals surface area contributed by atoms with Gasteiger partial charge in [0.05, 0.1) is 5.41 Å². The number of ketones is 1. The lowest BCUT2D eigenvalue weighted by molar-refractivity contribution is -0.128. The maximum Gasteiger partial charge on any atom is 0.143 e. The van der Waals surface area contributed by atoms with Crippen molar-refractivity contribution in [3.05, 3.63) is 11.6 Å². The van der Waals surface area contributed by atoms with E-state index in [9.17, 15) is 9.90 Å². The molecular weight excluding hydrogens is 380 g/mol. The molecule has 0 aliphatic heterocycles. The van der Waals surface area contributed by atoms with Crippen molar-refractivity contribution in [2.75, 3.05) is 6.61 Å². The van der Waals surface area contributed by atoms with E-state index < -0.39 is 0 Å². The molecule has 2 heteroatoms. The van der Waals surface area contributed by atoms with Crippen LogP contribution in [-0.4, -0.2) is 17.5 Å². The van der Waals surface area contributed by atoms with Crippen LogP contribution in [0.25, 0.3) is 0 Å². The van der Waals surface area contributed by atoms with Gasteiger partial charge in [-0.05, 0) is 104 Å². The maximum absolute atomic E-state index is 12.8. The molecule has 0 aromatic carbocycles. The summed E-state index contributed by atoms with van der Waals surface area (Å²) in [6.07, 6.45) is 17.5. The van der Waals surface area contributed by atoms with Crippen LogP contribution in [0.1, 0.15) is 105 Å². The topological polar surface area (TPSA) is 37.3 Å². The van der Waals surface area contributed by atoms with Gasteiger partial charge in [-0.25, -0.2) is 0 Å². The normalized spacial score (nSPS) is 44.8. The third-order valence-corrected chi connectivity index (χ3v) is 11.6. The van der Waals surface area contributed by atoms with Gasteiger partial charge in [-0.3, -0.25) is 4.79 Å². The molecule has 4 fully saturated rings. The highest BCUT2D eigenvalue weighted by molar-refractivity contribution is 5.92. The van der Waals surface area contributed by atoms with E-state index >= 15 is 0 Å². The molecule has 5 aliphatic carbocycles. The third kappa shape index (κ3) is 3.24. The van der Waals surface area contributed by atoms with Gasteiger partial charge in [-0.15, -0.1) is 0 Å². The van der Waals surface area contributed by atoms with Gasteiger partial charge in [0.25, 0.3) is 0 Å². The summed E-state index contributed by atoms with van der Waals surface area (Å²) in [6, 6.07) is 0. The van der Waals surface area contributed by atoms with Crippen molar-refractivity contribution < 1.29 is 9.90 Å². The minimum Gasteiger partial charge on any atom is -0.396 e. The minimum atomic E-state index is -0.00283. The molecule has 1 spiro atoms. The fourth-order valence-electron chi connectivity index (χ4n) is 9.65. The molecule has 0 aromatic rings. The number of hydrogen-bond donors (Lipinski definition) is 1. The molecule has 174 valence electrons. The second kappa shape index (κ2) is 7.71. The van der Waals surface area contributed by atoms with E-state index in [1.54, 1.807) is 5.57 Å². The molecule has 4 saturated carbocycles. The smallest absolute Gasteiger partial charge is 0.143 e. The second-order valence-corrected chi connectivity index (χ2v) is 13.1. The zero-order valence-corrected chi connectivity index (χ0v) is 20.6. The van der Waals surface area contributed by atoms with Crippen LogP contribution >= 0.6 is 0 Å². The zero-order valence-electron chi connectivity index (χ0n) is 20.6. The quantitative estimate of drug-likeness (QED) is 0.466. The van der Waals surface area contributed by atoms with Crippen LogP contribution < -0.4 is 0 Å². The summed E-state index contributed by atoms with van der Waals surface area (Å²) in [5.74, 6) is 5.26. The van der Waals surface area contributed by atoms with Crippen LogP contribution in [0.3, 0.4) is 0 Å². The van der Waals surface area contributed by atoms with Gasteiger partial charge in [0.2, 0.25) is 0 Å². The van der Waals surface area contributed by atoms with Gasteiger partial charge in [0, 0.05) is 13.0 Å². The highest BCUT2D eigenvalue weighted by Crippen LogP contribution is 2.72. The number of allylic oxidation sites excluding steroid dienone is 2. The summed E-state index contributed by atoms with van der Waals surface area (Å²) in [5.41, 5.74) is 2.42. The van der Waals surface area contributed by atoms with Crippen LogP contribution in [0.5, 0.6) is 0 Å². The molecule has 0 aromatic heterocycles. The SMILES string of the molecule is C[C@@H](CO)CCC[C@@H](C)[C@H]1CC[C@H]2[C@@H]3CC=C4C5(CC5)C(=O)CC[C@]4(C)[C@H]3CC[C@]12C. The Labute approximate surface area is 190 Å². The predicted octanol–water partition coefficient (Wildman–Crippen LogP) is 6.96. The van der Waals surface area contributed by atoms with E-state index in [1.165, 1.54) is 51.4 Å². The van der Waals surface area contributed by atoms with Crippen molar-refractivity contribution in [1.29, 1.82) is 0 Å². The van der Waals surface area contributed by atoms with Crippen molar-refractivity contribution in [2.45, 2.75) is 105 Å². The monoisotopic (exact) mass is 426 g/mol. The van der Waals surface area contributed by atoms with E-state index in [1.807, 2.05) is 0 Å². The number of hydrogen-bond acceptors (Lipinski definition) is 2. The number of aliphatic hydroxyl groups is 1. The minimum absolute atomic E-state index is 0.00283. The molecule has 0 bridgehead atoms. The largest absolute Gasteiger partial charge is 0.396 e. The Hall–Kier alpha value is -0.630. The number of fused-ring (bicyclic) bond motifs is 6. The lowest BCUT2D eigenvalue weighted by atomic mass is 9.45. The van der Waals surface area contributed by atoms with Crippen LogP contribution in [0.2, 0.25) is 0 Å². The fraction of sp³-hybridized carbons (Fsp3) is 0.897. The summed E-state index contributed by atoms with van der Waals surface area (Å²) in [4.78, 5) is 12.8. The Morgan fingerprint density at radius 1 is 1.03 bits per heavy atom. The van der Waals surface area contributed by atoms with Crippen molar-refractivity contribution in [2.24, 2.45) is 51.8 Å². The number of rotatable bonds is 6. The molecule has 0 saturated heterocycles. The first-order chi connectivity index (χ1) is 14.8. The van der Waals surface area contributed by atoms with Crippen molar-refractivity contribution >= 4 is 5.78 Å². The molecule has 8 atom stereocenters. The van der Waals surface area contributed by atoms with Gasteiger partial charge in [0.15, 0.2) is 0 Å². The number of carbonyl (C=O) groups is 1.